The molecular formula is C15H27N5O3S. The standard InChI is InChI=1S/C15H27N5O3S/c1-10-14(11(2)19(4)17-10)16-15(21)12(3)20-8-6-7-13(9-20)18-24(5,22)23/h12-13,18H,6-9H2,1-5H3,(H,16,21)/t12-,13+/m1/s1. The lowest BCUT2D eigenvalue weighted by molar-refractivity contribution is -0.121. The molecule has 2 N–H and O–H groups in total. The van der Waals surface area contributed by atoms with Gasteiger partial charge in [0.1, 0.15) is 0 Å². The SMILES string of the molecule is Cc1nn(C)c(C)c1NC(=O)[C@@H](C)N1CCC[C@H](NS(C)(=O)=O)C1. The van der Waals surface area contributed by atoms with Crippen LogP contribution in [0.25, 0.3) is 0 Å². The summed E-state index contributed by atoms with van der Waals surface area (Å²) in [5, 5.41) is 7.26. The van der Waals surface area contributed by atoms with Crippen LogP contribution < -0.4 is 10.0 Å². The summed E-state index contributed by atoms with van der Waals surface area (Å²) in [6.07, 6.45) is 2.81. The Labute approximate surface area is 143 Å². The lowest BCUT2D eigenvalue weighted by atomic mass is 10.0. The monoisotopic (exact) mass is 357 g/mol. The maximum absolute atomic E-state index is 12.6. The van der Waals surface area contributed by atoms with Gasteiger partial charge in [0.15, 0.2) is 0 Å². The van der Waals surface area contributed by atoms with E-state index in [2.05, 4.69) is 15.1 Å². The summed E-state index contributed by atoms with van der Waals surface area (Å²) >= 11 is 0. The molecule has 2 heterocycles. The molecule has 0 saturated carbocycles. The van der Waals surface area contributed by atoms with Gasteiger partial charge in [-0.2, -0.15) is 5.10 Å². The Kier molecular flexibility index (Phi) is 5.67. The lowest BCUT2D eigenvalue weighted by Crippen LogP contribution is -2.52. The van der Waals surface area contributed by atoms with Gasteiger partial charge >= 0.3 is 0 Å². The van der Waals surface area contributed by atoms with Gasteiger partial charge in [0.2, 0.25) is 15.9 Å². The van der Waals surface area contributed by atoms with Gasteiger partial charge in [-0.3, -0.25) is 14.4 Å². The molecule has 0 spiro atoms. The van der Waals surface area contributed by atoms with Crippen molar-refractivity contribution in [3.05, 3.63) is 11.4 Å². The molecule has 0 unspecified atom stereocenters. The number of aryl methyl sites for hydroxylation is 2. The molecular weight excluding hydrogens is 330 g/mol. The van der Waals surface area contributed by atoms with Crippen molar-refractivity contribution in [1.82, 2.24) is 19.4 Å². The van der Waals surface area contributed by atoms with Gasteiger partial charge in [0.25, 0.3) is 0 Å². The highest BCUT2D eigenvalue weighted by Crippen LogP contribution is 2.20. The van der Waals surface area contributed by atoms with Crippen LogP contribution in [-0.4, -0.2) is 60.4 Å². The van der Waals surface area contributed by atoms with E-state index in [1.165, 1.54) is 0 Å². The molecule has 1 amide bonds. The van der Waals surface area contributed by atoms with Gasteiger partial charge in [0.05, 0.1) is 29.4 Å². The topological polar surface area (TPSA) is 96.3 Å². The zero-order valence-corrected chi connectivity index (χ0v) is 15.8. The first kappa shape index (κ1) is 18.9. The van der Waals surface area contributed by atoms with Crippen molar-refractivity contribution in [2.45, 2.75) is 45.7 Å². The second-order valence-electron chi connectivity index (χ2n) is 6.56. The van der Waals surface area contributed by atoms with Gasteiger partial charge in [-0.1, -0.05) is 0 Å². The fraction of sp³-hybridized carbons (Fsp3) is 0.733. The third-order valence-electron chi connectivity index (χ3n) is 4.52. The molecule has 0 aliphatic carbocycles. The summed E-state index contributed by atoms with van der Waals surface area (Å²) < 4.78 is 27.2. The Morgan fingerprint density at radius 1 is 1.38 bits per heavy atom. The molecule has 0 bridgehead atoms. The highest BCUT2D eigenvalue weighted by Gasteiger charge is 2.29. The number of amides is 1. The number of carbonyl (C=O) groups excluding carboxylic acids is 1. The van der Waals surface area contributed by atoms with Crippen molar-refractivity contribution in [2.75, 3.05) is 24.7 Å². The Hall–Kier alpha value is -1.45. The molecule has 1 aliphatic heterocycles. The minimum atomic E-state index is -3.24. The number of carbonyl (C=O) groups is 1. The fourth-order valence-electron chi connectivity index (χ4n) is 3.11. The highest BCUT2D eigenvalue weighted by molar-refractivity contribution is 7.88. The second kappa shape index (κ2) is 7.20. The largest absolute Gasteiger partial charge is 0.322 e. The molecule has 2 atom stereocenters. The van der Waals surface area contributed by atoms with Crippen LogP contribution in [0.5, 0.6) is 0 Å². The molecule has 1 aromatic heterocycles. The summed E-state index contributed by atoms with van der Waals surface area (Å²) in [6, 6.07) is -0.487. The molecule has 8 nitrogen and oxygen atoms in total. The van der Waals surface area contributed by atoms with Gasteiger partial charge < -0.3 is 5.32 Å². The summed E-state index contributed by atoms with van der Waals surface area (Å²) in [6.45, 7) is 6.93. The predicted octanol–water partition coefficient (Wildman–Crippen LogP) is 0.378. The van der Waals surface area contributed by atoms with Crippen LogP contribution in [-0.2, 0) is 21.9 Å². The Morgan fingerprint density at radius 3 is 2.58 bits per heavy atom. The number of piperidine rings is 1. The summed E-state index contributed by atoms with van der Waals surface area (Å²) in [4.78, 5) is 14.6. The third kappa shape index (κ3) is 4.55. The smallest absolute Gasteiger partial charge is 0.241 e. The van der Waals surface area contributed by atoms with E-state index in [-0.39, 0.29) is 18.0 Å². The molecule has 0 aromatic carbocycles. The molecule has 24 heavy (non-hydrogen) atoms. The number of anilines is 1. The van der Waals surface area contributed by atoms with E-state index >= 15 is 0 Å². The third-order valence-corrected chi connectivity index (χ3v) is 5.28. The summed E-state index contributed by atoms with van der Waals surface area (Å²) in [5.74, 6) is -0.103. The van der Waals surface area contributed by atoms with Gasteiger partial charge in [-0.15, -0.1) is 0 Å². The molecule has 0 radical (unpaired) electrons. The number of hydrogen-bond donors (Lipinski definition) is 2. The zero-order chi connectivity index (χ0) is 18.1. The first-order valence-electron chi connectivity index (χ1n) is 8.11. The minimum Gasteiger partial charge on any atom is -0.322 e. The maximum atomic E-state index is 12.6. The van der Waals surface area contributed by atoms with Crippen LogP contribution in [0.4, 0.5) is 5.69 Å². The number of hydrogen-bond acceptors (Lipinski definition) is 5. The molecule has 1 aromatic rings. The quantitative estimate of drug-likeness (QED) is 0.794. The molecule has 136 valence electrons. The Balaban J connectivity index is 2.02. The number of aromatic nitrogens is 2. The number of rotatable bonds is 5. The predicted molar refractivity (Wildman–Crippen MR) is 93.3 cm³/mol. The van der Waals surface area contributed by atoms with E-state index in [0.717, 1.165) is 42.7 Å². The number of nitrogens with zero attached hydrogens (tertiary/aromatic N) is 3. The van der Waals surface area contributed by atoms with Crippen LogP contribution in [0.1, 0.15) is 31.2 Å². The molecule has 1 saturated heterocycles. The fourth-order valence-corrected chi connectivity index (χ4v) is 3.90. The minimum absolute atomic E-state index is 0.103. The van der Waals surface area contributed by atoms with Crippen molar-refractivity contribution in [1.29, 1.82) is 0 Å². The highest BCUT2D eigenvalue weighted by atomic mass is 32.2. The Bertz CT molecular complexity index is 713. The average molecular weight is 357 g/mol. The van der Waals surface area contributed by atoms with Crippen LogP contribution in [0.3, 0.4) is 0 Å². The number of nitrogens with one attached hydrogen (secondary N) is 2. The van der Waals surface area contributed by atoms with E-state index in [9.17, 15) is 13.2 Å². The number of sulfonamides is 1. The van der Waals surface area contributed by atoms with Crippen LogP contribution in [0.2, 0.25) is 0 Å². The molecule has 2 rings (SSSR count). The van der Waals surface area contributed by atoms with E-state index in [4.69, 9.17) is 0 Å². The van der Waals surface area contributed by atoms with E-state index in [0.29, 0.717) is 6.54 Å². The summed E-state index contributed by atoms with van der Waals surface area (Å²) in [7, 11) is -1.40. The van der Waals surface area contributed by atoms with Gasteiger partial charge in [-0.25, -0.2) is 13.1 Å². The molecule has 1 aliphatic rings. The van der Waals surface area contributed by atoms with E-state index < -0.39 is 10.0 Å². The van der Waals surface area contributed by atoms with E-state index in [1.807, 2.05) is 32.7 Å². The van der Waals surface area contributed by atoms with Crippen molar-refractivity contribution in [3.8, 4) is 0 Å². The zero-order valence-electron chi connectivity index (χ0n) is 15.0. The Morgan fingerprint density at radius 2 is 2.04 bits per heavy atom. The lowest BCUT2D eigenvalue weighted by Gasteiger charge is -2.36. The van der Waals surface area contributed by atoms with Gasteiger partial charge in [-0.05, 0) is 40.2 Å². The number of likely N-dealkylation sites (tertiary alicyclic amines) is 1. The van der Waals surface area contributed by atoms with Crippen molar-refractivity contribution in [3.63, 3.8) is 0 Å². The van der Waals surface area contributed by atoms with Crippen LogP contribution >= 0.6 is 0 Å². The maximum Gasteiger partial charge on any atom is 0.241 e. The molecule has 9 heteroatoms. The molecule has 1 fully saturated rings. The van der Waals surface area contributed by atoms with Crippen molar-refractivity contribution in [2.24, 2.45) is 7.05 Å². The first-order valence-corrected chi connectivity index (χ1v) is 10.00. The normalized spacial score (nSPS) is 20.8. The van der Waals surface area contributed by atoms with Crippen LogP contribution in [0.15, 0.2) is 0 Å². The van der Waals surface area contributed by atoms with E-state index in [1.54, 1.807) is 4.68 Å². The average Bonchev–Trinajstić information content (AvgIpc) is 2.71. The second-order valence-corrected chi connectivity index (χ2v) is 8.34. The summed E-state index contributed by atoms with van der Waals surface area (Å²) in [5.41, 5.74) is 2.44. The van der Waals surface area contributed by atoms with Crippen LogP contribution in [0, 0.1) is 13.8 Å². The van der Waals surface area contributed by atoms with Crippen molar-refractivity contribution < 1.29 is 13.2 Å². The van der Waals surface area contributed by atoms with Gasteiger partial charge in [0, 0.05) is 19.6 Å². The first-order chi connectivity index (χ1) is 11.1. The van der Waals surface area contributed by atoms with Crippen molar-refractivity contribution >= 4 is 21.6 Å².